The molecule has 7 heteroatoms. The predicted octanol–water partition coefficient (Wildman–Crippen LogP) is 4.69. The van der Waals surface area contributed by atoms with E-state index in [1.54, 1.807) is 30.3 Å². The van der Waals surface area contributed by atoms with Crippen molar-refractivity contribution in [3.05, 3.63) is 88.5 Å². The maximum atomic E-state index is 13.2. The first-order chi connectivity index (χ1) is 12.9. The second kappa shape index (κ2) is 7.97. The fourth-order valence-corrected chi connectivity index (χ4v) is 2.54. The fraction of sp³-hybridized carbons (Fsp3) is 0.0500. The number of pyridine rings is 1. The van der Waals surface area contributed by atoms with Gasteiger partial charge < -0.3 is 10.6 Å². The predicted molar refractivity (Wildman–Crippen MR) is 103 cm³/mol. The van der Waals surface area contributed by atoms with E-state index in [2.05, 4.69) is 15.6 Å². The van der Waals surface area contributed by atoms with Gasteiger partial charge in [0, 0.05) is 16.4 Å². The van der Waals surface area contributed by atoms with Gasteiger partial charge in [-0.15, -0.1) is 0 Å². The van der Waals surface area contributed by atoms with Gasteiger partial charge >= 0.3 is 0 Å². The lowest BCUT2D eigenvalue weighted by molar-refractivity contribution is 0.101. The Bertz CT molecular complexity index is 1020. The van der Waals surface area contributed by atoms with Crippen molar-refractivity contribution in [1.29, 1.82) is 0 Å². The molecule has 2 aromatic carbocycles. The van der Waals surface area contributed by atoms with Crippen molar-refractivity contribution < 1.29 is 14.0 Å². The summed E-state index contributed by atoms with van der Waals surface area (Å²) in [7, 11) is 0. The van der Waals surface area contributed by atoms with Gasteiger partial charge in [0.25, 0.3) is 11.8 Å². The zero-order valence-corrected chi connectivity index (χ0v) is 15.0. The number of anilines is 2. The summed E-state index contributed by atoms with van der Waals surface area (Å²) in [5.41, 5.74) is 1.80. The summed E-state index contributed by atoms with van der Waals surface area (Å²) < 4.78 is 13.2. The second-order valence-electron chi connectivity index (χ2n) is 5.79. The Kier molecular flexibility index (Phi) is 5.47. The van der Waals surface area contributed by atoms with Gasteiger partial charge in [-0.1, -0.05) is 29.8 Å². The van der Waals surface area contributed by atoms with E-state index in [-0.39, 0.29) is 11.4 Å². The first kappa shape index (κ1) is 18.5. The molecule has 1 aromatic heterocycles. The standard InChI is InChI=1S/C20H15ClFN3O2/c1-12-8-9-13(21)10-18(12)25-20(27)17-7-3-6-16(24-17)19(26)23-15-5-2-4-14(22)11-15/h2-11H,1H3,(H,23,26)(H,25,27). The van der Waals surface area contributed by atoms with E-state index in [4.69, 9.17) is 11.6 Å². The molecule has 1 heterocycles. The summed E-state index contributed by atoms with van der Waals surface area (Å²) in [4.78, 5) is 28.9. The smallest absolute Gasteiger partial charge is 0.274 e. The number of aromatic nitrogens is 1. The zero-order chi connectivity index (χ0) is 19.4. The molecule has 27 heavy (non-hydrogen) atoms. The molecule has 0 aliphatic carbocycles. The number of rotatable bonds is 4. The molecule has 0 atom stereocenters. The van der Waals surface area contributed by atoms with Crippen LogP contribution in [0.3, 0.4) is 0 Å². The summed E-state index contributed by atoms with van der Waals surface area (Å²) in [6.45, 7) is 1.84. The molecule has 0 unspecified atom stereocenters. The number of benzene rings is 2. The molecule has 2 N–H and O–H groups in total. The Hall–Kier alpha value is -3.25. The quantitative estimate of drug-likeness (QED) is 0.686. The Balaban J connectivity index is 1.77. The number of nitrogens with one attached hydrogen (secondary N) is 2. The van der Waals surface area contributed by atoms with E-state index in [9.17, 15) is 14.0 Å². The molecule has 5 nitrogen and oxygen atoms in total. The molecular formula is C20H15ClFN3O2. The highest BCUT2D eigenvalue weighted by atomic mass is 35.5. The minimum Gasteiger partial charge on any atom is -0.321 e. The lowest BCUT2D eigenvalue weighted by Crippen LogP contribution is -2.18. The van der Waals surface area contributed by atoms with Crippen LogP contribution in [0, 0.1) is 12.7 Å². The van der Waals surface area contributed by atoms with Gasteiger partial charge in [-0.2, -0.15) is 0 Å². The van der Waals surface area contributed by atoms with E-state index < -0.39 is 17.6 Å². The van der Waals surface area contributed by atoms with Crippen LogP contribution in [0.25, 0.3) is 0 Å². The maximum absolute atomic E-state index is 13.2. The van der Waals surface area contributed by atoms with Gasteiger partial charge in [0.15, 0.2) is 0 Å². The van der Waals surface area contributed by atoms with E-state index in [1.807, 2.05) is 6.92 Å². The number of carbonyl (C=O) groups is 2. The van der Waals surface area contributed by atoms with Crippen LogP contribution in [0.2, 0.25) is 5.02 Å². The van der Waals surface area contributed by atoms with E-state index in [1.165, 1.54) is 30.3 Å². The van der Waals surface area contributed by atoms with Crippen LogP contribution in [0.4, 0.5) is 15.8 Å². The first-order valence-electron chi connectivity index (χ1n) is 8.04. The fourth-order valence-electron chi connectivity index (χ4n) is 2.36. The van der Waals surface area contributed by atoms with E-state index >= 15 is 0 Å². The Morgan fingerprint density at radius 1 is 0.926 bits per heavy atom. The second-order valence-corrected chi connectivity index (χ2v) is 6.22. The molecule has 0 saturated heterocycles. The molecule has 2 amide bonds. The van der Waals surface area contributed by atoms with Crippen molar-refractivity contribution in [2.75, 3.05) is 10.6 Å². The maximum Gasteiger partial charge on any atom is 0.274 e. The van der Waals surface area contributed by atoms with Gasteiger partial charge in [-0.25, -0.2) is 9.37 Å². The van der Waals surface area contributed by atoms with Crippen LogP contribution in [0.1, 0.15) is 26.5 Å². The van der Waals surface area contributed by atoms with Crippen molar-refractivity contribution in [3.8, 4) is 0 Å². The summed E-state index contributed by atoms with van der Waals surface area (Å²) in [6, 6.07) is 15.2. The molecule has 3 aromatic rings. The van der Waals surface area contributed by atoms with Crippen LogP contribution < -0.4 is 10.6 Å². The Morgan fingerprint density at radius 2 is 1.59 bits per heavy atom. The topological polar surface area (TPSA) is 71.1 Å². The largest absolute Gasteiger partial charge is 0.321 e. The van der Waals surface area contributed by atoms with Crippen LogP contribution >= 0.6 is 11.6 Å². The number of hydrogen-bond acceptors (Lipinski definition) is 3. The third-order valence-corrected chi connectivity index (χ3v) is 3.98. The molecule has 0 spiro atoms. The molecule has 0 radical (unpaired) electrons. The highest BCUT2D eigenvalue weighted by molar-refractivity contribution is 6.31. The van der Waals surface area contributed by atoms with Gasteiger partial charge in [-0.05, 0) is 55.0 Å². The lowest BCUT2D eigenvalue weighted by Gasteiger charge is -2.09. The van der Waals surface area contributed by atoms with E-state index in [0.717, 1.165) is 5.56 Å². The van der Waals surface area contributed by atoms with Crippen LogP contribution in [-0.2, 0) is 0 Å². The van der Waals surface area contributed by atoms with Crippen molar-refractivity contribution in [3.63, 3.8) is 0 Å². The monoisotopic (exact) mass is 383 g/mol. The molecule has 0 aliphatic rings. The molecule has 3 rings (SSSR count). The van der Waals surface area contributed by atoms with Crippen LogP contribution in [0.15, 0.2) is 60.7 Å². The normalized spacial score (nSPS) is 10.3. The number of nitrogens with zero attached hydrogens (tertiary/aromatic N) is 1. The SMILES string of the molecule is Cc1ccc(Cl)cc1NC(=O)c1cccc(C(=O)Nc2cccc(F)c2)n1. The van der Waals surface area contributed by atoms with Crippen molar-refractivity contribution in [2.24, 2.45) is 0 Å². The summed E-state index contributed by atoms with van der Waals surface area (Å²) in [5, 5.41) is 5.76. The molecule has 136 valence electrons. The minimum absolute atomic E-state index is 0.0368. The number of amides is 2. The summed E-state index contributed by atoms with van der Waals surface area (Å²) in [6.07, 6.45) is 0. The molecule has 0 saturated carbocycles. The third-order valence-electron chi connectivity index (χ3n) is 3.74. The third kappa shape index (κ3) is 4.68. The summed E-state index contributed by atoms with van der Waals surface area (Å²) >= 11 is 5.95. The molecular weight excluding hydrogens is 369 g/mol. The molecule has 0 aliphatic heterocycles. The minimum atomic E-state index is -0.547. The zero-order valence-electron chi connectivity index (χ0n) is 14.3. The highest BCUT2D eigenvalue weighted by Gasteiger charge is 2.14. The van der Waals surface area contributed by atoms with Crippen LogP contribution in [-0.4, -0.2) is 16.8 Å². The van der Waals surface area contributed by atoms with E-state index in [0.29, 0.717) is 16.4 Å². The molecule has 0 bridgehead atoms. The Morgan fingerprint density at radius 3 is 2.30 bits per heavy atom. The van der Waals surface area contributed by atoms with Crippen LogP contribution in [0.5, 0.6) is 0 Å². The van der Waals surface area contributed by atoms with Crippen molar-refractivity contribution >= 4 is 34.8 Å². The number of aryl methyl sites for hydroxylation is 1. The first-order valence-corrected chi connectivity index (χ1v) is 8.41. The van der Waals surface area contributed by atoms with Gasteiger partial charge in [0.2, 0.25) is 0 Å². The summed E-state index contributed by atoms with van der Waals surface area (Å²) in [5.74, 6) is -1.49. The average molecular weight is 384 g/mol. The Labute approximate surface area is 160 Å². The number of carbonyl (C=O) groups excluding carboxylic acids is 2. The average Bonchev–Trinajstić information content (AvgIpc) is 2.65. The molecule has 0 fully saturated rings. The van der Waals surface area contributed by atoms with Crippen molar-refractivity contribution in [2.45, 2.75) is 6.92 Å². The van der Waals surface area contributed by atoms with Gasteiger partial charge in [0.1, 0.15) is 17.2 Å². The number of hydrogen-bond donors (Lipinski definition) is 2. The highest BCUT2D eigenvalue weighted by Crippen LogP contribution is 2.20. The number of halogens is 2. The van der Waals surface area contributed by atoms with Gasteiger partial charge in [-0.3, -0.25) is 9.59 Å². The van der Waals surface area contributed by atoms with Gasteiger partial charge in [0.05, 0.1) is 0 Å². The van der Waals surface area contributed by atoms with Crippen molar-refractivity contribution in [1.82, 2.24) is 4.98 Å². The lowest BCUT2D eigenvalue weighted by atomic mass is 10.2.